The van der Waals surface area contributed by atoms with Crippen molar-refractivity contribution in [2.24, 2.45) is 0 Å². The Balaban J connectivity index is 1.72. The number of ether oxygens (including phenoxy) is 2. The zero-order valence-corrected chi connectivity index (χ0v) is 16.8. The van der Waals surface area contributed by atoms with Crippen LogP contribution in [0.25, 0.3) is 0 Å². The molecule has 10 nitrogen and oxygen atoms in total. The van der Waals surface area contributed by atoms with Gasteiger partial charge in [0.25, 0.3) is 10.1 Å². The molecule has 0 bridgehead atoms. The van der Waals surface area contributed by atoms with Crippen LogP contribution in [0.3, 0.4) is 0 Å². The lowest BCUT2D eigenvalue weighted by Crippen LogP contribution is -2.34. The molecular formula is C18H23N3O7S. The highest BCUT2D eigenvalue weighted by molar-refractivity contribution is 7.86. The quantitative estimate of drug-likeness (QED) is 0.341. The van der Waals surface area contributed by atoms with Gasteiger partial charge in [-0.1, -0.05) is 22.7 Å². The van der Waals surface area contributed by atoms with Gasteiger partial charge in [0.05, 0.1) is 11.5 Å². The van der Waals surface area contributed by atoms with Gasteiger partial charge in [-0.3, -0.25) is 4.18 Å². The van der Waals surface area contributed by atoms with E-state index >= 15 is 0 Å². The molecular weight excluding hydrogens is 402 g/mol. The van der Waals surface area contributed by atoms with Crippen LogP contribution in [0.15, 0.2) is 41.6 Å². The molecule has 0 spiro atoms. The van der Waals surface area contributed by atoms with E-state index in [4.69, 9.17) is 13.7 Å². The van der Waals surface area contributed by atoms with Crippen LogP contribution in [0, 0.1) is 17.0 Å². The molecule has 2 aromatic rings. The van der Waals surface area contributed by atoms with Crippen molar-refractivity contribution in [1.82, 2.24) is 9.55 Å². The number of hydrogen-bond acceptors (Lipinski definition) is 8. The fourth-order valence-electron chi connectivity index (χ4n) is 2.94. The Labute approximate surface area is 168 Å². The van der Waals surface area contributed by atoms with Crippen molar-refractivity contribution in [3.05, 3.63) is 52.3 Å². The number of benzene rings is 1. The van der Waals surface area contributed by atoms with Gasteiger partial charge in [-0.05, 0) is 43.2 Å². The van der Waals surface area contributed by atoms with Gasteiger partial charge in [-0.2, -0.15) is 8.42 Å². The number of hydrogen-bond donors (Lipinski definition) is 0. The minimum atomic E-state index is -4.00. The molecule has 0 N–H and O–H groups in total. The van der Waals surface area contributed by atoms with E-state index in [0.29, 0.717) is 13.0 Å². The van der Waals surface area contributed by atoms with Crippen LogP contribution in [0.4, 0.5) is 5.95 Å². The maximum atomic E-state index is 12.5. The molecule has 0 amide bonds. The van der Waals surface area contributed by atoms with Crippen LogP contribution in [0.2, 0.25) is 0 Å². The van der Waals surface area contributed by atoms with E-state index in [2.05, 4.69) is 4.98 Å². The minimum absolute atomic E-state index is 0.000406. The summed E-state index contributed by atoms with van der Waals surface area (Å²) >= 11 is 0. The summed E-state index contributed by atoms with van der Waals surface area (Å²) in [7, 11) is -4.00. The van der Waals surface area contributed by atoms with Gasteiger partial charge in [-0.25, -0.2) is 4.57 Å². The molecule has 0 unspecified atom stereocenters. The summed E-state index contributed by atoms with van der Waals surface area (Å²) in [5, 5.41) is 11.1. The molecule has 11 heteroatoms. The molecule has 0 saturated carbocycles. The highest BCUT2D eigenvalue weighted by atomic mass is 32.2. The highest BCUT2D eigenvalue weighted by Gasteiger charge is 2.27. The summed E-state index contributed by atoms with van der Waals surface area (Å²) in [6.45, 7) is 2.08. The Bertz CT molecular complexity index is 921. The second-order valence-electron chi connectivity index (χ2n) is 6.74. The van der Waals surface area contributed by atoms with Crippen molar-refractivity contribution in [1.29, 1.82) is 0 Å². The van der Waals surface area contributed by atoms with Gasteiger partial charge < -0.3 is 19.6 Å². The van der Waals surface area contributed by atoms with Crippen LogP contribution < -0.4 is 0 Å². The third kappa shape index (κ3) is 5.82. The molecule has 2 heterocycles. The van der Waals surface area contributed by atoms with E-state index in [-0.39, 0.29) is 24.0 Å². The number of nitro groups is 1. The summed E-state index contributed by atoms with van der Waals surface area (Å²) in [5.41, 5.74) is 0.923. The number of nitrogens with zero attached hydrogens (tertiary/aromatic N) is 3. The molecule has 1 fully saturated rings. The standard InChI is InChI=1S/C18H23N3O7S/c1-14-5-7-16(8-6-14)29(24,25)27-13-15(28-17-4-2-3-11-26-17)12-20-10-9-19-18(20)21(22)23/h5-10,15,17H,2-4,11-13H2,1H3/t15-,17-/m0/s1. The summed E-state index contributed by atoms with van der Waals surface area (Å²) < 4.78 is 42.9. The Morgan fingerprint density at radius 3 is 2.76 bits per heavy atom. The minimum Gasteiger partial charge on any atom is -0.390 e. The first kappa shape index (κ1) is 21.4. The first-order valence-corrected chi connectivity index (χ1v) is 10.6. The normalized spacial score (nSPS) is 18.4. The van der Waals surface area contributed by atoms with Gasteiger partial charge in [0.1, 0.15) is 25.0 Å². The second-order valence-corrected chi connectivity index (χ2v) is 8.36. The number of imidazole rings is 1. The van der Waals surface area contributed by atoms with Crippen molar-refractivity contribution in [2.45, 2.75) is 50.0 Å². The molecule has 2 atom stereocenters. The number of aryl methyl sites for hydroxylation is 1. The fraction of sp³-hybridized carbons (Fsp3) is 0.500. The first-order valence-electron chi connectivity index (χ1n) is 9.24. The molecule has 1 aromatic heterocycles. The monoisotopic (exact) mass is 425 g/mol. The van der Waals surface area contributed by atoms with Gasteiger partial charge in [0.15, 0.2) is 6.29 Å². The zero-order chi connectivity index (χ0) is 20.9. The summed E-state index contributed by atoms with van der Waals surface area (Å²) in [5.74, 6) is -0.357. The van der Waals surface area contributed by atoms with Crippen LogP contribution in [0.5, 0.6) is 0 Å². The maximum absolute atomic E-state index is 12.5. The van der Waals surface area contributed by atoms with E-state index in [1.165, 1.54) is 29.1 Å². The van der Waals surface area contributed by atoms with Crippen molar-refractivity contribution in [2.75, 3.05) is 13.2 Å². The Morgan fingerprint density at radius 2 is 2.10 bits per heavy atom. The van der Waals surface area contributed by atoms with E-state index in [9.17, 15) is 18.5 Å². The van der Waals surface area contributed by atoms with Crippen molar-refractivity contribution >= 4 is 16.1 Å². The highest BCUT2D eigenvalue weighted by Crippen LogP contribution is 2.20. The number of aromatic nitrogens is 2. The SMILES string of the molecule is Cc1ccc(S(=O)(=O)OC[C@H](Cn2ccnc2[N+](=O)[O-])O[C@H]2CCCCO2)cc1. The first-order chi connectivity index (χ1) is 13.8. The van der Waals surface area contributed by atoms with Crippen molar-refractivity contribution in [3.8, 4) is 0 Å². The molecule has 158 valence electrons. The molecule has 1 aromatic carbocycles. The summed E-state index contributed by atoms with van der Waals surface area (Å²) in [6.07, 6.45) is 3.95. The Morgan fingerprint density at radius 1 is 1.34 bits per heavy atom. The lowest BCUT2D eigenvalue weighted by Gasteiger charge is -2.27. The smallest absolute Gasteiger partial charge is 0.390 e. The molecule has 1 saturated heterocycles. The van der Waals surface area contributed by atoms with Gasteiger partial charge >= 0.3 is 5.95 Å². The van der Waals surface area contributed by atoms with E-state index < -0.39 is 27.4 Å². The molecule has 1 aliphatic rings. The van der Waals surface area contributed by atoms with Crippen LogP contribution in [-0.4, -0.2) is 48.5 Å². The van der Waals surface area contributed by atoms with E-state index in [1.807, 2.05) is 6.92 Å². The average molecular weight is 425 g/mol. The fourth-order valence-corrected chi connectivity index (χ4v) is 3.88. The Kier molecular flexibility index (Phi) is 6.96. The predicted octanol–water partition coefficient (Wildman–Crippen LogP) is 2.42. The van der Waals surface area contributed by atoms with Crippen molar-refractivity contribution in [3.63, 3.8) is 0 Å². The molecule has 1 aliphatic heterocycles. The predicted molar refractivity (Wildman–Crippen MR) is 102 cm³/mol. The third-order valence-corrected chi connectivity index (χ3v) is 5.75. The van der Waals surface area contributed by atoms with Crippen LogP contribution in [-0.2, 0) is 30.3 Å². The van der Waals surface area contributed by atoms with E-state index in [1.54, 1.807) is 12.1 Å². The van der Waals surface area contributed by atoms with Crippen molar-refractivity contribution < 1.29 is 27.0 Å². The largest absolute Gasteiger partial charge is 0.434 e. The third-order valence-electron chi connectivity index (χ3n) is 4.46. The summed E-state index contributed by atoms with van der Waals surface area (Å²) in [4.78, 5) is 14.2. The molecule has 0 aliphatic carbocycles. The lowest BCUT2D eigenvalue weighted by molar-refractivity contribution is -0.397. The molecule has 29 heavy (non-hydrogen) atoms. The number of rotatable bonds is 9. The Hall–Kier alpha value is -2.34. The molecule has 0 radical (unpaired) electrons. The zero-order valence-electron chi connectivity index (χ0n) is 16.0. The van der Waals surface area contributed by atoms with Gasteiger partial charge in [-0.15, -0.1) is 0 Å². The lowest BCUT2D eigenvalue weighted by atomic mass is 10.2. The van der Waals surface area contributed by atoms with Gasteiger partial charge in [0, 0.05) is 6.61 Å². The van der Waals surface area contributed by atoms with Gasteiger partial charge in [0.2, 0.25) is 0 Å². The van der Waals surface area contributed by atoms with Crippen LogP contribution >= 0.6 is 0 Å². The van der Waals surface area contributed by atoms with E-state index in [0.717, 1.165) is 18.4 Å². The molecule has 3 rings (SSSR count). The maximum Gasteiger partial charge on any atom is 0.434 e. The summed E-state index contributed by atoms with van der Waals surface area (Å²) in [6, 6.07) is 6.28. The second kappa shape index (κ2) is 9.44. The topological polar surface area (TPSA) is 123 Å². The van der Waals surface area contributed by atoms with Crippen LogP contribution in [0.1, 0.15) is 24.8 Å². The average Bonchev–Trinajstić information content (AvgIpc) is 3.16.